The van der Waals surface area contributed by atoms with Crippen LogP contribution in [-0.2, 0) is 6.42 Å². The Morgan fingerprint density at radius 3 is 3.00 bits per heavy atom. The number of halogens is 1. The van der Waals surface area contributed by atoms with Gasteiger partial charge in [-0.3, -0.25) is 0 Å². The van der Waals surface area contributed by atoms with Crippen molar-refractivity contribution < 1.29 is 9.84 Å². The van der Waals surface area contributed by atoms with E-state index in [4.69, 9.17) is 16.3 Å². The lowest BCUT2D eigenvalue weighted by molar-refractivity contribution is 0.163. The quantitative estimate of drug-likeness (QED) is 0.863. The third-order valence-corrected chi connectivity index (χ3v) is 3.39. The third-order valence-electron chi connectivity index (χ3n) is 3.15. The van der Waals surface area contributed by atoms with Crippen LogP contribution in [0.15, 0.2) is 18.2 Å². The molecule has 0 amide bonds. The van der Waals surface area contributed by atoms with E-state index in [1.807, 2.05) is 25.1 Å². The monoisotopic (exact) mass is 269 g/mol. The van der Waals surface area contributed by atoms with Gasteiger partial charge in [0.1, 0.15) is 11.9 Å². The van der Waals surface area contributed by atoms with Gasteiger partial charge in [0.25, 0.3) is 0 Å². The second-order valence-corrected chi connectivity index (χ2v) is 5.53. The van der Waals surface area contributed by atoms with Crippen LogP contribution in [0.1, 0.15) is 25.8 Å². The number of aliphatic hydroxyl groups excluding tert-OH is 1. The number of nitrogens with one attached hydrogen (secondary N) is 1. The lowest BCUT2D eigenvalue weighted by atomic mass is 10.1. The molecule has 18 heavy (non-hydrogen) atoms. The maximum atomic E-state index is 9.30. The SMILES string of the molecule is CC(O)CC(C)NCC1Cc2cc(Cl)ccc2O1. The van der Waals surface area contributed by atoms with E-state index in [1.54, 1.807) is 0 Å². The van der Waals surface area contributed by atoms with Crippen LogP contribution in [0.4, 0.5) is 0 Å². The van der Waals surface area contributed by atoms with Gasteiger partial charge >= 0.3 is 0 Å². The molecule has 4 heteroatoms. The van der Waals surface area contributed by atoms with Crippen molar-refractivity contribution in [3.63, 3.8) is 0 Å². The van der Waals surface area contributed by atoms with Crippen molar-refractivity contribution in [1.29, 1.82) is 0 Å². The fraction of sp³-hybridized carbons (Fsp3) is 0.571. The number of fused-ring (bicyclic) bond motifs is 1. The van der Waals surface area contributed by atoms with Gasteiger partial charge in [-0.25, -0.2) is 0 Å². The van der Waals surface area contributed by atoms with Crippen molar-refractivity contribution in [2.24, 2.45) is 0 Å². The molecule has 1 heterocycles. The molecule has 0 aliphatic carbocycles. The van der Waals surface area contributed by atoms with E-state index in [9.17, 15) is 5.11 Å². The molecule has 0 saturated carbocycles. The zero-order valence-corrected chi connectivity index (χ0v) is 11.6. The highest BCUT2D eigenvalue weighted by atomic mass is 35.5. The highest BCUT2D eigenvalue weighted by Gasteiger charge is 2.23. The fourth-order valence-corrected chi connectivity index (χ4v) is 2.53. The highest BCUT2D eigenvalue weighted by Crippen LogP contribution is 2.30. The first-order valence-electron chi connectivity index (χ1n) is 6.41. The first kappa shape index (κ1) is 13.7. The Morgan fingerprint density at radius 2 is 2.28 bits per heavy atom. The zero-order valence-electron chi connectivity index (χ0n) is 10.8. The normalized spacial score (nSPS) is 21.2. The summed E-state index contributed by atoms with van der Waals surface area (Å²) in [7, 11) is 0. The molecule has 2 N–H and O–H groups in total. The first-order valence-corrected chi connectivity index (χ1v) is 6.79. The minimum Gasteiger partial charge on any atom is -0.488 e. The Bertz CT molecular complexity index is 409. The summed E-state index contributed by atoms with van der Waals surface area (Å²) < 4.78 is 5.83. The summed E-state index contributed by atoms with van der Waals surface area (Å²) >= 11 is 5.96. The van der Waals surface area contributed by atoms with E-state index in [-0.39, 0.29) is 12.2 Å². The van der Waals surface area contributed by atoms with Crippen LogP contribution in [0.25, 0.3) is 0 Å². The predicted octanol–water partition coefficient (Wildman–Crippen LogP) is 2.39. The average molecular weight is 270 g/mol. The zero-order chi connectivity index (χ0) is 13.1. The van der Waals surface area contributed by atoms with Crippen molar-refractivity contribution >= 4 is 11.6 Å². The van der Waals surface area contributed by atoms with Gasteiger partial charge in [-0.15, -0.1) is 0 Å². The van der Waals surface area contributed by atoms with Gasteiger partial charge < -0.3 is 15.2 Å². The maximum absolute atomic E-state index is 9.30. The Hall–Kier alpha value is -0.770. The number of ether oxygens (including phenoxy) is 1. The minimum atomic E-state index is -0.270. The molecule has 1 aromatic carbocycles. The first-order chi connectivity index (χ1) is 8.54. The van der Waals surface area contributed by atoms with Crippen LogP contribution in [0.5, 0.6) is 5.75 Å². The molecule has 0 radical (unpaired) electrons. The van der Waals surface area contributed by atoms with Crippen molar-refractivity contribution in [3.8, 4) is 5.75 Å². The molecule has 3 unspecified atom stereocenters. The van der Waals surface area contributed by atoms with Gasteiger partial charge in [0, 0.05) is 24.0 Å². The summed E-state index contributed by atoms with van der Waals surface area (Å²) in [6.07, 6.45) is 1.54. The molecule has 1 aromatic rings. The summed E-state index contributed by atoms with van der Waals surface area (Å²) in [5, 5.41) is 13.4. The molecular weight excluding hydrogens is 250 g/mol. The Labute approximate surface area is 113 Å². The number of rotatable bonds is 5. The number of benzene rings is 1. The molecular formula is C14H20ClNO2. The molecule has 3 atom stereocenters. The van der Waals surface area contributed by atoms with Crippen molar-refractivity contribution in [1.82, 2.24) is 5.32 Å². The molecule has 2 rings (SSSR count). The molecule has 1 aliphatic heterocycles. The van der Waals surface area contributed by atoms with Crippen molar-refractivity contribution in [2.45, 2.75) is 44.9 Å². The third kappa shape index (κ3) is 3.61. The molecule has 0 spiro atoms. The summed E-state index contributed by atoms with van der Waals surface area (Å²) in [4.78, 5) is 0. The summed E-state index contributed by atoms with van der Waals surface area (Å²) in [5.41, 5.74) is 1.18. The van der Waals surface area contributed by atoms with Crippen molar-refractivity contribution in [3.05, 3.63) is 28.8 Å². The predicted molar refractivity (Wildman–Crippen MR) is 73.3 cm³/mol. The fourth-order valence-electron chi connectivity index (χ4n) is 2.33. The summed E-state index contributed by atoms with van der Waals surface area (Å²) in [6, 6.07) is 6.04. The van der Waals surface area contributed by atoms with E-state index in [0.29, 0.717) is 6.04 Å². The molecule has 0 fully saturated rings. The molecule has 1 aliphatic rings. The Kier molecular flexibility index (Phi) is 4.49. The van der Waals surface area contributed by atoms with Gasteiger partial charge in [-0.05, 0) is 44.0 Å². The van der Waals surface area contributed by atoms with Gasteiger partial charge in [0.05, 0.1) is 6.10 Å². The van der Waals surface area contributed by atoms with E-state index >= 15 is 0 Å². The summed E-state index contributed by atoms with van der Waals surface area (Å²) in [6.45, 7) is 4.67. The van der Waals surface area contributed by atoms with E-state index in [0.717, 1.165) is 30.2 Å². The van der Waals surface area contributed by atoms with Crippen LogP contribution < -0.4 is 10.1 Å². The Morgan fingerprint density at radius 1 is 1.50 bits per heavy atom. The molecule has 0 aromatic heterocycles. The largest absolute Gasteiger partial charge is 0.488 e. The lowest BCUT2D eigenvalue weighted by Gasteiger charge is -2.18. The van der Waals surface area contributed by atoms with Gasteiger partial charge in [-0.1, -0.05) is 11.6 Å². The number of aliphatic hydroxyl groups is 1. The van der Waals surface area contributed by atoms with Crippen LogP contribution in [0, 0.1) is 0 Å². The molecule has 0 bridgehead atoms. The minimum absolute atomic E-state index is 0.162. The van der Waals surface area contributed by atoms with Gasteiger partial charge in [-0.2, -0.15) is 0 Å². The topological polar surface area (TPSA) is 41.5 Å². The van der Waals surface area contributed by atoms with E-state index in [2.05, 4.69) is 12.2 Å². The summed E-state index contributed by atoms with van der Waals surface area (Å²) in [5.74, 6) is 0.939. The standard InChI is InChI=1S/C14H20ClNO2/c1-9(5-10(2)17)16-8-13-7-11-6-12(15)3-4-14(11)18-13/h3-4,6,9-10,13,16-17H,5,7-8H2,1-2H3. The van der Waals surface area contributed by atoms with Crippen LogP contribution in [0.2, 0.25) is 5.02 Å². The molecule has 100 valence electrons. The number of hydrogen-bond acceptors (Lipinski definition) is 3. The maximum Gasteiger partial charge on any atom is 0.123 e. The Balaban J connectivity index is 1.81. The molecule has 0 saturated heterocycles. The lowest BCUT2D eigenvalue weighted by Crippen LogP contribution is -2.37. The van der Waals surface area contributed by atoms with Crippen LogP contribution in [0.3, 0.4) is 0 Å². The van der Waals surface area contributed by atoms with Crippen molar-refractivity contribution in [2.75, 3.05) is 6.54 Å². The van der Waals surface area contributed by atoms with E-state index < -0.39 is 0 Å². The van der Waals surface area contributed by atoms with Crippen LogP contribution >= 0.6 is 11.6 Å². The van der Waals surface area contributed by atoms with Crippen LogP contribution in [-0.4, -0.2) is 29.9 Å². The molecule has 3 nitrogen and oxygen atoms in total. The highest BCUT2D eigenvalue weighted by molar-refractivity contribution is 6.30. The van der Waals surface area contributed by atoms with Gasteiger partial charge in [0.15, 0.2) is 0 Å². The smallest absolute Gasteiger partial charge is 0.123 e. The number of hydrogen-bond donors (Lipinski definition) is 2. The van der Waals surface area contributed by atoms with E-state index in [1.165, 1.54) is 5.56 Å². The van der Waals surface area contributed by atoms with Gasteiger partial charge in [0.2, 0.25) is 0 Å². The second kappa shape index (κ2) is 5.91. The second-order valence-electron chi connectivity index (χ2n) is 5.09. The average Bonchev–Trinajstić information content (AvgIpc) is 2.67.